The van der Waals surface area contributed by atoms with Crippen molar-refractivity contribution >= 4 is 21.4 Å². The van der Waals surface area contributed by atoms with Crippen LogP contribution >= 0.6 is 0 Å². The highest BCUT2D eigenvalue weighted by molar-refractivity contribution is 7.89. The van der Waals surface area contributed by atoms with Gasteiger partial charge in [0.1, 0.15) is 5.75 Å². The first-order valence-electron chi connectivity index (χ1n) is 11.8. The maximum absolute atomic E-state index is 13.0. The molecule has 0 unspecified atom stereocenters. The lowest BCUT2D eigenvalue weighted by Crippen LogP contribution is -2.49. The SMILES string of the molecule is COc1ccc(S(=O)(=O)NC[C@H](c2ccc(N(C)C)cc2)N2CCN(c3ccccc3)CC2)cc1. The van der Waals surface area contributed by atoms with E-state index in [0.29, 0.717) is 12.3 Å². The molecule has 1 saturated heterocycles. The number of benzene rings is 3. The molecular formula is C27H34N4O3S. The maximum Gasteiger partial charge on any atom is 0.240 e. The number of methoxy groups -OCH3 is 1. The van der Waals surface area contributed by atoms with Crippen molar-refractivity contribution in [2.45, 2.75) is 10.9 Å². The van der Waals surface area contributed by atoms with E-state index < -0.39 is 10.0 Å². The zero-order chi connectivity index (χ0) is 24.8. The highest BCUT2D eigenvalue weighted by atomic mass is 32.2. The fourth-order valence-corrected chi connectivity index (χ4v) is 5.45. The number of sulfonamides is 1. The summed E-state index contributed by atoms with van der Waals surface area (Å²) in [5.41, 5.74) is 3.43. The van der Waals surface area contributed by atoms with E-state index in [2.05, 4.69) is 68.0 Å². The van der Waals surface area contributed by atoms with Gasteiger partial charge in [-0.25, -0.2) is 13.1 Å². The number of rotatable bonds is 9. The standard InChI is InChI=1S/C27H34N4O3S/c1-29(2)23-11-9-22(10-12-23)27(21-28-35(32,33)26-15-13-25(34-3)14-16-26)31-19-17-30(18-20-31)24-7-5-4-6-8-24/h4-16,27-28H,17-21H2,1-3H3/t27-/m1/s1. The third-order valence-electron chi connectivity index (χ3n) is 6.51. The van der Waals surface area contributed by atoms with Gasteiger partial charge < -0.3 is 14.5 Å². The van der Waals surface area contributed by atoms with Crippen LogP contribution in [0, 0.1) is 0 Å². The summed E-state index contributed by atoms with van der Waals surface area (Å²) in [6.07, 6.45) is 0. The van der Waals surface area contributed by atoms with Gasteiger partial charge in [-0.05, 0) is 54.1 Å². The van der Waals surface area contributed by atoms with Crippen LogP contribution in [0.4, 0.5) is 11.4 Å². The molecule has 7 nitrogen and oxygen atoms in total. The first-order valence-corrected chi connectivity index (χ1v) is 13.3. The molecule has 0 radical (unpaired) electrons. The van der Waals surface area contributed by atoms with Gasteiger partial charge in [0.15, 0.2) is 0 Å². The number of ether oxygens (including phenoxy) is 1. The van der Waals surface area contributed by atoms with Crippen LogP contribution in [0.1, 0.15) is 11.6 Å². The Balaban J connectivity index is 1.51. The Hall–Kier alpha value is -3.07. The smallest absolute Gasteiger partial charge is 0.240 e. The van der Waals surface area contributed by atoms with Gasteiger partial charge in [0, 0.05) is 64.2 Å². The van der Waals surface area contributed by atoms with E-state index in [1.807, 2.05) is 20.2 Å². The van der Waals surface area contributed by atoms with Crippen molar-refractivity contribution in [3.8, 4) is 5.75 Å². The van der Waals surface area contributed by atoms with Gasteiger partial charge in [-0.3, -0.25) is 4.90 Å². The van der Waals surface area contributed by atoms with Crippen LogP contribution in [-0.2, 0) is 10.0 Å². The first kappa shape index (κ1) is 25.0. The molecule has 1 aliphatic heterocycles. The van der Waals surface area contributed by atoms with Gasteiger partial charge in [-0.2, -0.15) is 0 Å². The average molecular weight is 495 g/mol. The second kappa shape index (κ2) is 11.1. The molecule has 0 spiro atoms. The molecule has 8 heteroatoms. The third kappa shape index (κ3) is 6.14. The summed E-state index contributed by atoms with van der Waals surface area (Å²) >= 11 is 0. The topological polar surface area (TPSA) is 65.1 Å². The summed E-state index contributed by atoms with van der Waals surface area (Å²) in [5, 5.41) is 0. The molecule has 0 aromatic heterocycles. The monoisotopic (exact) mass is 494 g/mol. The number of nitrogens with zero attached hydrogens (tertiary/aromatic N) is 3. The Morgan fingerprint density at radius 1 is 0.886 bits per heavy atom. The summed E-state index contributed by atoms with van der Waals surface area (Å²) in [5.74, 6) is 0.624. The van der Waals surface area contributed by atoms with Crippen LogP contribution in [0.2, 0.25) is 0 Å². The number of hydrogen-bond acceptors (Lipinski definition) is 6. The molecule has 1 heterocycles. The lowest BCUT2D eigenvalue weighted by atomic mass is 10.0. The average Bonchev–Trinajstić information content (AvgIpc) is 2.90. The minimum atomic E-state index is -3.65. The van der Waals surface area contributed by atoms with Gasteiger partial charge in [-0.1, -0.05) is 30.3 Å². The predicted octanol–water partition coefficient (Wildman–Crippen LogP) is 3.60. The van der Waals surface area contributed by atoms with E-state index in [1.54, 1.807) is 31.4 Å². The number of anilines is 2. The van der Waals surface area contributed by atoms with Crippen LogP contribution in [-0.4, -0.2) is 67.2 Å². The highest BCUT2D eigenvalue weighted by Gasteiger charge is 2.27. The van der Waals surface area contributed by atoms with Gasteiger partial charge in [0.05, 0.1) is 12.0 Å². The van der Waals surface area contributed by atoms with Gasteiger partial charge in [0.25, 0.3) is 0 Å². The maximum atomic E-state index is 13.0. The molecule has 186 valence electrons. The van der Waals surface area contributed by atoms with Crippen molar-refractivity contribution in [3.05, 3.63) is 84.4 Å². The molecule has 35 heavy (non-hydrogen) atoms. The third-order valence-corrected chi connectivity index (χ3v) is 7.95. The molecule has 0 bridgehead atoms. The molecule has 1 atom stereocenters. The molecule has 0 amide bonds. The van der Waals surface area contributed by atoms with Crippen LogP contribution < -0.4 is 19.3 Å². The lowest BCUT2D eigenvalue weighted by molar-refractivity contribution is 0.187. The number of nitrogens with one attached hydrogen (secondary N) is 1. The lowest BCUT2D eigenvalue weighted by Gasteiger charge is -2.40. The zero-order valence-electron chi connectivity index (χ0n) is 20.6. The van der Waals surface area contributed by atoms with E-state index >= 15 is 0 Å². The fourth-order valence-electron chi connectivity index (χ4n) is 4.41. The van der Waals surface area contributed by atoms with Crippen molar-refractivity contribution in [2.75, 3.05) is 63.7 Å². The molecule has 1 fully saturated rings. The molecule has 3 aromatic carbocycles. The Bertz CT molecular complexity index is 1180. The minimum absolute atomic E-state index is 0.0721. The number of para-hydroxylation sites is 1. The zero-order valence-corrected chi connectivity index (χ0v) is 21.4. The number of piperazine rings is 1. The van der Waals surface area contributed by atoms with Gasteiger partial charge >= 0.3 is 0 Å². The van der Waals surface area contributed by atoms with Crippen molar-refractivity contribution in [3.63, 3.8) is 0 Å². The minimum Gasteiger partial charge on any atom is -0.497 e. The molecule has 0 saturated carbocycles. The Morgan fingerprint density at radius 2 is 1.51 bits per heavy atom. The number of hydrogen-bond donors (Lipinski definition) is 1. The van der Waals surface area contributed by atoms with Crippen molar-refractivity contribution < 1.29 is 13.2 Å². The molecule has 1 N–H and O–H groups in total. The van der Waals surface area contributed by atoms with Crippen LogP contribution in [0.25, 0.3) is 0 Å². The van der Waals surface area contributed by atoms with Crippen LogP contribution in [0.3, 0.4) is 0 Å². The van der Waals surface area contributed by atoms with Gasteiger partial charge in [0.2, 0.25) is 10.0 Å². The molecule has 1 aliphatic rings. The van der Waals surface area contributed by atoms with Crippen molar-refractivity contribution in [1.29, 1.82) is 0 Å². The summed E-state index contributed by atoms with van der Waals surface area (Å²) in [6, 6.07) is 25.2. The molecule has 4 rings (SSSR count). The quantitative estimate of drug-likeness (QED) is 0.490. The highest BCUT2D eigenvalue weighted by Crippen LogP contribution is 2.26. The Morgan fingerprint density at radius 3 is 2.09 bits per heavy atom. The molecular weight excluding hydrogens is 460 g/mol. The van der Waals surface area contributed by atoms with E-state index in [0.717, 1.165) is 37.4 Å². The van der Waals surface area contributed by atoms with Crippen LogP contribution in [0.5, 0.6) is 5.75 Å². The second-order valence-corrected chi connectivity index (χ2v) is 10.7. The first-order chi connectivity index (χ1) is 16.9. The van der Waals surface area contributed by atoms with E-state index in [9.17, 15) is 8.42 Å². The van der Waals surface area contributed by atoms with E-state index in [1.165, 1.54) is 5.69 Å². The van der Waals surface area contributed by atoms with Crippen LogP contribution in [0.15, 0.2) is 83.8 Å². The predicted molar refractivity (Wildman–Crippen MR) is 142 cm³/mol. The van der Waals surface area contributed by atoms with E-state index in [4.69, 9.17) is 4.74 Å². The summed E-state index contributed by atoms with van der Waals surface area (Å²) in [7, 11) is 1.93. The van der Waals surface area contributed by atoms with Gasteiger partial charge in [-0.15, -0.1) is 0 Å². The summed E-state index contributed by atoms with van der Waals surface area (Å²) < 4.78 is 34.1. The van der Waals surface area contributed by atoms with E-state index in [-0.39, 0.29) is 10.9 Å². The largest absolute Gasteiger partial charge is 0.497 e. The summed E-state index contributed by atoms with van der Waals surface area (Å²) in [6.45, 7) is 3.77. The second-order valence-electron chi connectivity index (χ2n) is 8.89. The van der Waals surface area contributed by atoms with Crippen molar-refractivity contribution in [2.24, 2.45) is 0 Å². The molecule has 3 aromatic rings. The Kier molecular flexibility index (Phi) is 7.95. The molecule has 0 aliphatic carbocycles. The fraction of sp³-hybridized carbons (Fsp3) is 0.333. The Labute approximate surface area is 209 Å². The normalized spacial score (nSPS) is 15.6. The van der Waals surface area contributed by atoms with Crippen molar-refractivity contribution in [1.82, 2.24) is 9.62 Å². The summed E-state index contributed by atoms with van der Waals surface area (Å²) in [4.78, 5) is 7.04.